The van der Waals surface area contributed by atoms with Gasteiger partial charge < -0.3 is 24.6 Å². The topological polar surface area (TPSA) is 108 Å². The zero-order valence-electron chi connectivity index (χ0n) is 24.8. The third kappa shape index (κ3) is 7.58. The van der Waals surface area contributed by atoms with Gasteiger partial charge in [-0.25, -0.2) is 8.42 Å². The molecular weight excluding hydrogens is 612 g/mol. The molecule has 2 aliphatic heterocycles. The number of nitrogens with one attached hydrogen (secondary N) is 1. The van der Waals surface area contributed by atoms with E-state index < -0.39 is 21.9 Å². The van der Waals surface area contributed by atoms with Gasteiger partial charge in [-0.05, 0) is 65.9 Å². The number of halogens is 1. The first-order valence-electron chi connectivity index (χ1n) is 15.1. The molecule has 8 nitrogen and oxygen atoms in total. The zero-order chi connectivity index (χ0) is 31.4. The van der Waals surface area contributed by atoms with Gasteiger partial charge in [0, 0.05) is 42.3 Å². The van der Waals surface area contributed by atoms with Crippen LogP contribution in [-0.4, -0.2) is 49.3 Å². The lowest BCUT2D eigenvalue weighted by atomic mass is 9.84. The number of piperidine rings is 1. The monoisotopic (exact) mass is 648 g/mol. The van der Waals surface area contributed by atoms with E-state index in [0.29, 0.717) is 55.2 Å². The normalized spacial score (nSPS) is 22.2. The molecule has 4 aromatic carbocycles. The van der Waals surface area contributed by atoms with Gasteiger partial charge in [-0.1, -0.05) is 78.3 Å². The molecule has 2 aliphatic rings. The van der Waals surface area contributed by atoms with Crippen LogP contribution in [0.5, 0.6) is 0 Å². The van der Waals surface area contributed by atoms with E-state index in [1.807, 2.05) is 54.6 Å². The van der Waals surface area contributed by atoms with Gasteiger partial charge in [-0.3, -0.25) is 4.72 Å². The maximum absolute atomic E-state index is 13.0. The Morgan fingerprint density at radius 1 is 0.867 bits per heavy atom. The van der Waals surface area contributed by atoms with Crippen molar-refractivity contribution in [1.82, 2.24) is 4.90 Å². The van der Waals surface area contributed by atoms with Gasteiger partial charge in [0.05, 0.1) is 29.3 Å². The number of aliphatic hydroxyl groups excluding tert-OH is 1. The van der Waals surface area contributed by atoms with Crippen LogP contribution in [0.1, 0.15) is 53.9 Å². The minimum atomic E-state index is -3.77. The molecule has 0 aliphatic carbocycles. The molecule has 2 heterocycles. The molecule has 0 radical (unpaired) electrons. The highest BCUT2D eigenvalue weighted by Gasteiger charge is 2.37. The third-order valence-corrected chi connectivity index (χ3v) is 10.3. The van der Waals surface area contributed by atoms with Crippen LogP contribution < -0.4 is 4.72 Å². The van der Waals surface area contributed by atoms with Crippen LogP contribution in [0.3, 0.4) is 0 Å². The Labute approximate surface area is 269 Å². The number of rotatable bonds is 9. The summed E-state index contributed by atoms with van der Waals surface area (Å²) >= 11 is 6.06. The average Bonchev–Trinajstić information content (AvgIpc) is 3.06. The smallest absolute Gasteiger partial charge is 0.261 e. The van der Waals surface area contributed by atoms with E-state index in [0.717, 1.165) is 16.7 Å². The quantitative estimate of drug-likeness (QED) is 0.199. The second kappa shape index (κ2) is 13.6. The number of aliphatic hydroxyl groups is 2. The summed E-state index contributed by atoms with van der Waals surface area (Å²) in [6, 6.07) is 30.4. The molecule has 3 atom stereocenters. The maximum Gasteiger partial charge on any atom is 0.261 e. The number of hydrogen-bond acceptors (Lipinski definition) is 7. The lowest BCUT2D eigenvalue weighted by molar-refractivity contribution is -0.253. The summed E-state index contributed by atoms with van der Waals surface area (Å²) in [5, 5.41) is 21.5. The van der Waals surface area contributed by atoms with Crippen molar-refractivity contribution in [2.45, 2.75) is 54.9 Å². The summed E-state index contributed by atoms with van der Waals surface area (Å²) in [7, 11) is -3.77. The van der Waals surface area contributed by atoms with Crippen LogP contribution in [0.2, 0.25) is 5.02 Å². The molecule has 0 bridgehead atoms. The van der Waals surface area contributed by atoms with Crippen molar-refractivity contribution in [2.75, 3.05) is 24.4 Å². The van der Waals surface area contributed by atoms with Crippen LogP contribution in [0.4, 0.5) is 5.69 Å². The van der Waals surface area contributed by atoms with Crippen molar-refractivity contribution >= 4 is 27.3 Å². The van der Waals surface area contributed by atoms with Crippen LogP contribution in [0.15, 0.2) is 108 Å². The highest BCUT2D eigenvalue weighted by Crippen LogP contribution is 2.40. The van der Waals surface area contributed by atoms with Gasteiger partial charge >= 0.3 is 0 Å². The molecular formula is C35H37ClN2O6S. The molecule has 0 unspecified atom stereocenters. The molecule has 6 rings (SSSR count). The highest BCUT2D eigenvalue weighted by atomic mass is 35.5. The third-order valence-electron chi connectivity index (χ3n) is 8.61. The molecule has 0 aromatic heterocycles. The Morgan fingerprint density at radius 3 is 2.27 bits per heavy atom. The van der Waals surface area contributed by atoms with Gasteiger partial charge in [-0.15, -0.1) is 0 Å². The molecule has 0 amide bonds. The standard InChI is InChI=1S/C35H37ClN2O6S/c36-29-15-13-28(14-16-29)35(40)17-19-38(20-18-35)23-31-22-33(26-11-9-25(24-39)10-12-26)44-34(43-31)27-5-4-6-30(21-27)37-45(41,42)32-7-2-1-3-8-32/h1-16,21,31,33-34,37,39-40H,17-20,22-24H2/t31-,33+,34+/m0/s1. The maximum atomic E-state index is 13.0. The number of sulfonamides is 1. The van der Waals surface area contributed by atoms with E-state index >= 15 is 0 Å². The minimum Gasteiger partial charge on any atom is -0.392 e. The van der Waals surface area contributed by atoms with Crippen molar-refractivity contribution < 1.29 is 28.1 Å². The van der Waals surface area contributed by atoms with Crippen molar-refractivity contribution in [3.63, 3.8) is 0 Å². The highest BCUT2D eigenvalue weighted by molar-refractivity contribution is 7.92. The molecule has 2 fully saturated rings. The molecule has 4 aromatic rings. The molecule has 45 heavy (non-hydrogen) atoms. The van der Waals surface area contributed by atoms with Gasteiger partial charge in [0.25, 0.3) is 10.0 Å². The fourth-order valence-corrected chi connectivity index (χ4v) is 7.23. The lowest BCUT2D eigenvalue weighted by Crippen LogP contribution is -2.46. The second-order valence-electron chi connectivity index (χ2n) is 11.7. The number of benzene rings is 4. The van der Waals surface area contributed by atoms with Gasteiger partial charge in [0.1, 0.15) is 0 Å². The predicted octanol–water partition coefficient (Wildman–Crippen LogP) is 6.16. The van der Waals surface area contributed by atoms with E-state index in [1.54, 1.807) is 48.5 Å². The fraction of sp³-hybridized carbons (Fsp3) is 0.314. The first kappa shape index (κ1) is 31.7. The molecule has 2 saturated heterocycles. The summed E-state index contributed by atoms with van der Waals surface area (Å²) in [6.45, 7) is 2.03. The Kier molecular flexibility index (Phi) is 9.58. The van der Waals surface area contributed by atoms with Gasteiger partial charge in [0.2, 0.25) is 0 Å². The van der Waals surface area contributed by atoms with Crippen molar-refractivity contribution in [2.24, 2.45) is 0 Å². The van der Waals surface area contributed by atoms with Crippen LogP contribution >= 0.6 is 11.6 Å². The van der Waals surface area contributed by atoms with Crippen LogP contribution in [-0.2, 0) is 31.7 Å². The van der Waals surface area contributed by atoms with Crippen molar-refractivity contribution in [3.8, 4) is 0 Å². The van der Waals surface area contributed by atoms with Crippen LogP contribution in [0.25, 0.3) is 0 Å². The Bertz CT molecular complexity index is 1680. The Morgan fingerprint density at radius 2 is 1.58 bits per heavy atom. The largest absolute Gasteiger partial charge is 0.392 e. The minimum absolute atomic E-state index is 0.0385. The zero-order valence-corrected chi connectivity index (χ0v) is 26.3. The lowest BCUT2D eigenvalue weighted by Gasteiger charge is -2.42. The fourth-order valence-electron chi connectivity index (χ4n) is 6.04. The van der Waals surface area contributed by atoms with E-state index in [4.69, 9.17) is 21.1 Å². The van der Waals surface area contributed by atoms with Crippen molar-refractivity contribution in [3.05, 3.63) is 130 Å². The Balaban J connectivity index is 1.19. The summed E-state index contributed by atoms with van der Waals surface area (Å²) in [6.07, 6.45) is 0.615. The number of likely N-dealkylation sites (tertiary alicyclic amines) is 1. The predicted molar refractivity (Wildman–Crippen MR) is 173 cm³/mol. The summed E-state index contributed by atoms with van der Waals surface area (Å²) in [5.74, 6) is 0. The van der Waals surface area contributed by atoms with E-state index in [2.05, 4.69) is 9.62 Å². The second-order valence-corrected chi connectivity index (χ2v) is 13.9. The molecule has 0 spiro atoms. The number of ether oxygens (including phenoxy) is 2. The molecule has 3 N–H and O–H groups in total. The number of hydrogen-bond donors (Lipinski definition) is 3. The molecule has 236 valence electrons. The van der Waals surface area contributed by atoms with Crippen molar-refractivity contribution in [1.29, 1.82) is 0 Å². The van der Waals surface area contributed by atoms with E-state index in [1.165, 1.54) is 0 Å². The first-order chi connectivity index (χ1) is 21.7. The number of nitrogens with zero attached hydrogens (tertiary/aromatic N) is 1. The van der Waals surface area contributed by atoms with Gasteiger partial charge in [0.15, 0.2) is 6.29 Å². The Hall–Kier alpha value is -3.28. The van der Waals surface area contributed by atoms with E-state index in [9.17, 15) is 18.6 Å². The van der Waals surface area contributed by atoms with Gasteiger partial charge in [-0.2, -0.15) is 0 Å². The SMILES string of the molecule is O=S(=O)(Nc1cccc([C@@H]2O[C@H](CN3CCC(O)(c4ccc(Cl)cc4)CC3)C[C@H](c3ccc(CO)cc3)O2)c1)c1ccccc1. The first-order valence-corrected chi connectivity index (χ1v) is 17.0. The van der Waals surface area contributed by atoms with E-state index in [-0.39, 0.29) is 23.7 Å². The summed E-state index contributed by atoms with van der Waals surface area (Å²) in [4.78, 5) is 2.49. The number of anilines is 1. The molecule has 10 heteroatoms. The summed E-state index contributed by atoms with van der Waals surface area (Å²) < 4.78 is 41.7. The van der Waals surface area contributed by atoms with Crippen LogP contribution in [0, 0.1) is 0 Å². The molecule has 0 saturated carbocycles. The summed E-state index contributed by atoms with van der Waals surface area (Å²) in [5.41, 5.74) is 2.88. The average molecular weight is 649 g/mol.